The summed E-state index contributed by atoms with van der Waals surface area (Å²) in [5.74, 6) is -1.04. The molecule has 0 bridgehead atoms. The number of hydrogen-bond acceptors (Lipinski definition) is 5. The standard InChI is InChI=1S/C18H23N3O5S/c1-12-3-2-10-21(11-12)27(25,26)14-6-4-13(5-7-14)17(23)19-15-8-9-16(22)20-18(15)24/h4-7,12,15H,2-3,8-11H2,1H3,(H,19,23)(H,20,22,24). The fraction of sp³-hybridized carbons (Fsp3) is 0.500. The summed E-state index contributed by atoms with van der Waals surface area (Å²) in [5.41, 5.74) is 0.255. The SMILES string of the molecule is CC1CCCN(S(=O)(=O)c2ccc(C(=O)NC3CCC(=O)NC3=O)cc2)C1. The lowest BCUT2D eigenvalue weighted by molar-refractivity contribution is -0.134. The van der Waals surface area contributed by atoms with Gasteiger partial charge >= 0.3 is 0 Å². The summed E-state index contributed by atoms with van der Waals surface area (Å²) in [6.07, 6.45) is 2.27. The zero-order valence-corrected chi connectivity index (χ0v) is 15.9. The van der Waals surface area contributed by atoms with Crippen LogP contribution in [0.5, 0.6) is 0 Å². The van der Waals surface area contributed by atoms with Crippen LogP contribution in [-0.4, -0.2) is 49.6 Å². The molecule has 2 unspecified atom stereocenters. The van der Waals surface area contributed by atoms with Gasteiger partial charge in [-0.3, -0.25) is 19.7 Å². The molecule has 0 saturated carbocycles. The number of hydrogen-bond donors (Lipinski definition) is 2. The maximum absolute atomic E-state index is 12.7. The minimum atomic E-state index is -3.58. The van der Waals surface area contributed by atoms with Gasteiger partial charge in [-0.15, -0.1) is 0 Å². The van der Waals surface area contributed by atoms with Gasteiger partial charge in [0.2, 0.25) is 21.8 Å². The van der Waals surface area contributed by atoms with Crippen LogP contribution in [0.1, 0.15) is 43.0 Å². The highest BCUT2D eigenvalue weighted by atomic mass is 32.2. The van der Waals surface area contributed by atoms with Gasteiger partial charge in [-0.1, -0.05) is 6.92 Å². The smallest absolute Gasteiger partial charge is 0.251 e. The van der Waals surface area contributed by atoms with Crippen molar-refractivity contribution in [2.24, 2.45) is 5.92 Å². The van der Waals surface area contributed by atoms with Gasteiger partial charge in [0.1, 0.15) is 6.04 Å². The van der Waals surface area contributed by atoms with E-state index in [9.17, 15) is 22.8 Å². The lowest BCUT2D eigenvalue weighted by Gasteiger charge is -2.30. The summed E-state index contributed by atoms with van der Waals surface area (Å²) in [4.78, 5) is 35.3. The first-order chi connectivity index (χ1) is 12.8. The van der Waals surface area contributed by atoms with Crippen molar-refractivity contribution in [2.75, 3.05) is 13.1 Å². The molecule has 8 nitrogen and oxygen atoms in total. The molecule has 3 amide bonds. The molecule has 1 aromatic carbocycles. The molecular weight excluding hydrogens is 370 g/mol. The van der Waals surface area contributed by atoms with Gasteiger partial charge < -0.3 is 5.32 Å². The van der Waals surface area contributed by atoms with Gasteiger partial charge in [-0.25, -0.2) is 8.42 Å². The van der Waals surface area contributed by atoms with E-state index >= 15 is 0 Å². The van der Waals surface area contributed by atoms with Crippen LogP contribution in [0.25, 0.3) is 0 Å². The van der Waals surface area contributed by atoms with Crippen molar-refractivity contribution in [2.45, 2.75) is 43.5 Å². The zero-order chi connectivity index (χ0) is 19.6. The molecule has 2 saturated heterocycles. The van der Waals surface area contributed by atoms with Crippen LogP contribution in [-0.2, 0) is 19.6 Å². The monoisotopic (exact) mass is 393 g/mol. The summed E-state index contributed by atoms with van der Waals surface area (Å²) < 4.78 is 27.0. The van der Waals surface area contributed by atoms with E-state index in [1.807, 2.05) is 6.92 Å². The van der Waals surface area contributed by atoms with E-state index < -0.39 is 27.9 Å². The lowest BCUT2D eigenvalue weighted by atomic mass is 10.0. The highest BCUT2D eigenvalue weighted by molar-refractivity contribution is 7.89. The number of sulfonamides is 1. The third-order valence-corrected chi connectivity index (χ3v) is 6.80. The maximum atomic E-state index is 12.7. The lowest BCUT2D eigenvalue weighted by Crippen LogP contribution is -2.52. The number of benzene rings is 1. The second-order valence-electron chi connectivity index (χ2n) is 7.11. The quantitative estimate of drug-likeness (QED) is 0.729. The minimum absolute atomic E-state index is 0.147. The molecule has 146 valence electrons. The van der Waals surface area contributed by atoms with Gasteiger partial charge in [0.25, 0.3) is 5.91 Å². The van der Waals surface area contributed by atoms with Crippen LogP contribution in [0.2, 0.25) is 0 Å². The second kappa shape index (κ2) is 7.77. The number of carbonyl (C=O) groups excluding carboxylic acids is 3. The highest BCUT2D eigenvalue weighted by Crippen LogP contribution is 2.23. The van der Waals surface area contributed by atoms with Crippen LogP contribution >= 0.6 is 0 Å². The zero-order valence-electron chi connectivity index (χ0n) is 15.1. The third-order valence-electron chi connectivity index (χ3n) is 4.92. The Morgan fingerprint density at radius 2 is 1.89 bits per heavy atom. The normalized spacial score (nSPS) is 24.3. The number of imide groups is 1. The van der Waals surface area contributed by atoms with E-state index in [2.05, 4.69) is 10.6 Å². The second-order valence-corrected chi connectivity index (χ2v) is 9.05. The topological polar surface area (TPSA) is 113 Å². The van der Waals surface area contributed by atoms with E-state index in [4.69, 9.17) is 0 Å². The molecule has 2 fully saturated rings. The van der Waals surface area contributed by atoms with Crippen molar-refractivity contribution in [1.29, 1.82) is 0 Å². The van der Waals surface area contributed by atoms with Crippen molar-refractivity contribution < 1.29 is 22.8 Å². The molecule has 0 spiro atoms. The number of amides is 3. The molecule has 0 radical (unpaired) electrons. The number of carbonyl (C=O) groups is 3. The molecule has 2 aliphatic rings. The maximum Gasteiger partial charge on any atom is 0.251 e. The first-order valence-corrected chi connectivity index (χ1v) is 10.5. The molecule has 27 heavy (non-hydrogen) atoms. The van der Waals surface area contributed by atoms with Crippen LogP contribution in [0.3, 0.4) is 0 Å². The average Bonchev–Trinajstić information content (AvgIpc) is 2.64. The predicted octanol–water partition coefficient (Wildman–Crippen LogP) is 0.642. The van der Waals surface area contributed by atoms with Crippen molar-refractivity contribution >= 4 is 27.7 Å². The van der Waals surface area contributed by atoms with Crippen LogP contribution in [0.15, 0.2) is 29.2 Å². The molecule has 9 heteroatoms. The summed E-state index contributed by atoms with van der Waals surface area (Å²) in [6.45, 7) is 3.04. The van der Waals surface area contributed by atoms with E-state index in [0.29, 0.717) is 19.0 Å². The van der Waals surface area contributed by atoms with Crippen molar-refractivity contribution in [3.63, 3.8) is 0 Å². The summed E-state index contributed by atoms with van der Waals surface area (Å²) >= 11 is 0. The Bertz CT molecular complexity index is 850. The fourth-order valence-corrected chi connectivity index (χ4v) is 4.96. The van der Waals surface area contributed by atoms with Gasteiger partial charge in [0.05, 0.1) is 4.90 Å². The molecule has 1 aromatic rings. The Morgan fingerprint density at radius 3 is 2.52 bits per heavy atom. The minimum Gasteiger partial charge on any atom is -0.340 e. The summed E-state index contributed by atoms with van der Waals surface area (Å²) in [6, 6.07) is 4.92. The van der Waals surface area contributed by atoms with Gasteiger partial charge in [-0.2, -0.15) is 4.31 Å². The molecule has 2 aliphatic heterocycles. The first kappa shape index (κ1) is 19.5. The van der Waals surface area contributed by atoms with Crippen LogP contribution in [0.4, 0.5) is 0 Å². The van der Waals surface area contributed by atoms with Crippen molar-refractivity contribution in [3.8, 4) is 0 Å². The van der Waals surface area contributed by atoms with E-state index in [1.165, 1.54) is 28.6 Å². The van der Waals surface area contributed by atoms with E-state index in [0.717, 1.165) is 12.8 Å². The Morgan fingerprint density at radius 1 is 1.19 bits per heavy atom. The van der Waals surface area contributed by atoms with Crippen LogP contribution in [0, 0.1) is 5.92 Å². The molecule has 2 atom stereocenters. The third kappa shape index (κ3) is 4.36. The van der Waals surface area contributed by atoms with Gasteiger partial charge in [-0.05, 0) is 49.4 Å². The average molecular weight is 393 g/mol. The van der Waals surface area contributed by atoms with Gasteiger partial charge in [0.15, 0.2) is 0 Å². The first-order valence-electron chi connectivity index (χ1n) is 9.02. The Kier molecular flexibility index (Phi) is 5.61. The van der Waals surface area contributed by atoms with E-state index in [-0.39, 0.29) is 29.2 Å². The molecule has 2 N–H and O–H groups in total. The Labute approximate surface area is 158 Å². The Balaban J connectivity index is 1.68. The Hall–Kier alpha value is -2.26. The van der Waals surface area contributed by atoms with E-state index in [1.54, 1.807) is 0 Å². The van der Waals surface area contributed by atoms with Crippen molar-refractivity contribution in [3.05, 3.63) is 29.8 Å². The van der Waals surface area contributed by atoms with Crippen LogP contribution < -0.4 is 10.6 Å². The largest absolute Gasteiger partial charge is 0.340 e. The number of nitrogens with zero attached hydrogens (tertiary/aromatic N) is 1. The predicted molar refractivity (Wildman–Crippen MR) is 97.2 cm³/mol. The molecule has 3 rings (SSSR count). The number of piperidine rings is 2. The van der Waals surface area contributed by atoms with Gasteiger partial charge in [0, 0.05) is 25.1 Å². The van der Waals surface area contributed by atoms with Crippen molar-refractivity contribution in [1.82, 2.24) is 14.9 Å². The summed E-state index contributed by atoms with van der Waals surface area (Å²) in [5, 5.41) is 4.75. The number of rotatable bonds is 4. The molecular formula is C18H23N3O5S. The summed E-state index contributed by atoms with van der Waals surface area (Å²) in [7, 11) is -3.58. The molecule has 0 aromatic heterocycles. The highest BCUT2D eigenvalue weighted by Gasteiger charge is 2.30. The fourth-order valence-electron chi connectivity index (χ4n) is 3.36. The molecule has 2 heterocycles. The number of nitrogens with one attached hydrogen (secondary N) is 2. The molecule has 0 aliphatic carbocycles.